The summed E-state index contributed by atoms with van der Waals surface area (Å²) in [6, 6.07) is 15.8. The molecule has 0 atom stereocenters. The normalized spacial score (nSPS) is 11.0. The van der Waals surface area contributed by atoms with Crippen molar-refractivity contribution in [2.75, 3.05) is 19.0 Å². The number of hydrogen-bond donors (Lipinski definition) is 0. The van der Waals surface area contributed by atoms with E-state index < -0.39 is 0 Å². The zero-order valence-corrected chi connectivity index (χ0v) is 16.1. The maximum absolute atomic E-state index is 10.8. The van der Waals surface area contributed by atoms with Crippen LogP contribution in [0, 0.1) is 6.92 Å². The van der Waals surface area contributed by atoms with Crippen LogP contribution in [0.4, 0.5) is 5.69 Å². The van der Waals surface area contributed by atoms with E-state index in [0.717, 1.165) is 51.3 Å². The number of benzene rings is 1. The lowest BCUT2D eigenvalue weighted by Crippen LogP contribution is -2.09. The molecule has 0 amide bonds. The SMILES string of the molecule is Cc1cccc(-n2cc3c(N(C)C)cc(-c4cccc(CC=O)n4)cc3n2)n1. The molecule has 28 heavy (non-hydrogen) atoms. The summed E-state index contributed by atoms with van der Waals surface area (Å²) >= 11 is 0. The van der Waals surface area contributed by atoms with Crippen LogP contribution in [0.15, 0.2) is 54.7 Å². The highest BCUT2D eigenvalue weighted by molar-refractivity contribution is 5.95. The van der Waals surface area contributed by atoms with Gasteiger partial charge in [-0.2, -0.15) is 5.10 Å². The van der Waals surface area contributed by atoms with Crippen LogP contribution in [0.1, 0.15) is 11.4 Å². The van der Waals surface area contributed by atoms with Crippen LogP contribution < -0.4 is 4.90 Å². The molecule has 3 heterocycles. The maximum Gasteiger partial charge on any atom is 0.153 e. The average Bonchev–Trinajstić information content (AvgIpc) is 3.12. The third-order valence-electron chi connectivity index (χ3n) is 4.59. The molecule has 1 aromatic carbocycles. The topological polar surface area (TPSA) is 63.9 Å². The first-order valence-electron chi connectivity index (χ1n) is 9.10. The van der Waals surface area contributed by atoms with Crippen molar-refractivity contribution in [1.29, 1.82) is 0 Å². The summed E-state index contributed by atoms with van der Waals surface area (Å²) in [5.41, 5.74) is 5.41. The Bertz CT molecular complexity index is 1160. The fourth-order valence-electron chi connectivity index (χ4n) is 3.24. The second-order valence-corrected chi connectivity index (χ2v) is 6.92. The molecule has 0 spiro atoms. The molecule has 6 nitrogen and oxygen atoms in total. The Morgan fingerprint density at radius 1 is 1.07 bits per heavy atom. The van der Waals surface area contributed by atoms with Crippen LogP contribution in [-0.4, -0.2) is 40.1 Å². The molecule has 140 valence electrons. The summed E-state index contributed by atoms with van der Waals surface area (Å²) in [6.45, 7) is 1.97. The van der Waals surface area contributed by atoms with Gasteiger partial charge in [-0.1, -0.05) is 12.1 Å². The molecule has 0 aliphatic rings. The Morgan fingerprint density at radius 2 is 1.89 bits per heavy atom. The quantitative estimate of drug-likeness (QED) is 0.502. The number of rotatable bonds is 5. The molecule has 4 rings (SSSR count). The van der Waals surface area contributed by atoms with E-state index in [9.17, 15) is 4.79 Å². The first-order chi connectivity index (χ1) is 13.5. The largest absolute Gasteiger partial charge is 0.377 e. The van der Waals surface area contributed by atoms with E-state index in [2.05, 4.69) is 20.9 Å². The Balaban J connectivity index is 1.88. The van der Waals surface area contributed by atoms with Gasteiger partial charge in [-0.15, -0.1) is 0 Å². The number of carbonyl (C=O) groups excluding carboxylic acids is 1. The zero-order valence-electron chi connectivity index (χ0n) is 16.1. The number of nitrogens with zero attached hydrogens (tertiary/aromatic N) is 5. The Morgan fingerprint density at radius 3 is 2.64 bits per heavy atom. The maximum atomic E-state index is 10.8. The highest BCUT2D eigenvalue weighted by Gasteiger charge is 2.13. The first-order valence-corrected chi connectivity index (χ1v) is 9.10. The van der Waals surface area contributed by atoms with Gasteiger partial charge in [-0.25, -0.2) is 9.67 Å². The fourth-order valence-corrected chi connectivity index (χ4v) is 3.24. The van der Waals surface area contributed by atoms with Gasteiger partial charge in [-0.3, -0.25) is 4.98 Å². The summed E-state index contributed by atoms with van der Waals surface area (Å²) < 4.78 is 1.81. The molecule has 0 unspecified atom stereocenters. The zero-order chi connectivity index (χ0) is 19.7. The van der Waals surface area contributed by atoms with Gasteiger partial charge in [0, 0.05) is 54.7 Å². The highest BCUT2D eigenvalue weighted by atomic mass is 16.1. The van der Waals surface area contributed by atoms with Crippen LogP contribution in [0.5, 0.6) is 0 Å². The van der Waals surface area contributed by atoms with Gasteiger partial charge in [0.05, 0.1) is 11.2 Å². The molecule has 0 N–H and O–H groups in total. The number of fused-ring (bicyclic) bond motifs is 1. The fraction of sp³-hybridized carbons (Fsp3) is 0.182. The molecule has 0 fully saturated rings. The van der Waals surface area contributed by atoms with E-state index in [-0.39, 0.29) is 0 Å². The number of aromatic nitrogens is 4. The smallest absolute Gasteiger partial charge is 0.153 e. The van der Waals surface area contributed by atoms with Crippen molar-refractivity contribution in [2.45, 2.75) is 13.3 Å². The monoisotopic (exact) mass is 371 g/mol. The summed E-state index contributed by atoms with van der Waals surface area (Å²) in [4.78, 5) is 22.1. The number of aldehydes is 1. The van der Waals surface area contributed by atoms with Crippen molar-refractivity contribution in [2.24, 2.45) is 0 Å². The Hall–Kier alpha value is -3.54. The molecule has 0 bridgehead atoms. The molecule has 0 aliphatic carbocycles. The van der Waals surface area contributed by atoms with Crippen molar-refractivity contribution >= 4 is 22.9 Å². The van der Waals surface area contributed by atoms with Gasteiger partial charge < -0.3 is 9.69 Å². The van der Waals surface area contributed by atoms with Crippen molar-refractivity contribution in [3.8, 4) is 17.1 Å². The van der Waals surface area contributed by atoms with E-state index in [1.807, 2.05) is 74.4 Å². The lowest BCUT2D eigenvalue weighted by molar-refractivity contribution is -0.107. The molecular formula is C22H21N5O. The van der Waals surface area contributed by atoms with Gasteiger partial charge in [0.1, 0.15) is 6.29 Å². The highest BCUT2D eigenvalue weighted by Crippen LogP contribution is 2.32. The molecular weight excluding hydrogens is 350 g/mol. The predicted molar refractivity (Wildman–Crippen MR) is 111 cm³/mol. The average molecular weight is 371 g/mol. The van der Waals surface area contributed by atoms with E-state index in [1.165, 1.54) is 0 Å². The molecule has 6 heteroatoms. The van der Waals surface area contributed by atoms with E-state index in [1.54, 1.807) is 0 Å². The molecule has 3 aromatic heterocycles. The van der Waals surface area contributed by atoms with E-state index in [4.69, 9.17) is 5.10 Å². The standard InChI is InChI=1S/C22H21N5O/c1-15-6-4-9-22(23-15)27-14-18-20(25-27)12-16(13-21(18)26(2)3)19-8-5-7-17(24-19)10-11-28/h4-9,11-14H,10H2,1-3H3. The number of carbonyl (C=O) groups is 1. The number of aryl methyl sites for hydroxylation is 1. The summed E-state index contributed by atoms with van der Waals surface area (Å²) in [5.74, 6) is 0.786. The lowest BCUT2D eigenvalue weighted by Gasteiger charge is -2.15. The summed E-state index contributed by atoms with van der Waals surface area (Å²) in [5, 5.41) is 5.80. The Kier molecular flexibility index (Phi) is 4.61. The van der Waals surface area contributed by atoms with Gasteiger partial charge in [0.2, 0.25) is 0 Å². The van der Waals surface area contributed by atoms with Crippen molar-refractivity contribution in [3.63, 3.8) is 0 Å². The lowest BCUT2D eigenvalue weighted by atomic mass is 10.1. The van der Waals surface area contributed by atoms with Gasteiger partial charge in [0.15, 0.2) is 5.82 Å². The second-order valence-electron chi connectivity index (χ2n) is 6.92. The Labute approximate surface area is 163 Å². The molecule has 0 saturated carbocycles. The number of anilines is 1. The number of pyridine rings is 2. The summed E-state index contributed by atoms with van der Waals surface area (Å²) in [6.07, 6.45) is 3.19. The molecule has 4 aromatic rings. The minimum Gasteiger partial charge on any atom is -0.377 e. The van der Waals surface area contributed by atoms with Crippen LogP contribution in [-0.2, 0) is 11.2 Å². The minimum absolute atomic E-state index is 0.310. The molecule has 0 aliphatic heterocycles. The van der Waals surface area contributed by atoms with Gasteiger partial charge >= 0.3 is 0 Å². The van der Waals surface area contributed by atoms with Crippen LogP contribution in [0.2, 0.25) is 0 Å². The van der Waals surface area contributed by atoms with E-state index in [0.29, 0.717) is 6.42 Å². The molecule has 0 radical (unpaired) electrons. The third kappa shape index (κ3) is 3.36. The predicted octanol–water partition coefficient (Wildman–Crippen LogP) is 3.60. The van der Waals surface area contributed by atoms with E-state index >= 15 is 0 Å². The van der Waals surface area contributed by atoms with Crippen molar-refractivity contribution < 1.29 is 4.79 Å². The van der Waals surface area contributed by atoms with Crippen LogP contribution >= 0.6 is 0 Å². The van der Waals surface area contributed by atoms with Crippen LogP contribution in [0.3, 0.4) is 0 Å². The molecule has 0 saturated heterocycles. The third-order valence-corrected chi connectivity index (χ3v) is 4.59. The van der Waals surface area contributed by atoms with Gasteiger partial charge in [-0.05, 0) is 43.3 Å². The van der Waals surface area contributed by atoms with Crippen LogP contribution in [0.25, 0.3) is 28.0 Å². The second kappa shape index (κ2) is 7.23. The minimum atomic E-state index is 0.310. The number of hydrogen-bond acceptors (Lipinski definition) is 5. The summed E-state index contributed by atoms with van der Waals surface area (Å²) in [7, 11) is 4.02. The van der Waals surface area contributed by atoms with Crippen molar-refractivity contribution in [1.82, 2.24) is 19.7 Å². The van der Waals surface area contributed by atoms with Crippen molar-refractivity contribution in [3.05, 3.63) is 66.1 Å². The first kappa shape index (κ1) is 17.9. The van der Waals surface area contributed by atoms with Gasteiger partial charge in [0.25, 0.3) is 0 Å².